The van der Waals surface area contributed by atoms with Crippen LogP contribution in [0.25, 0.3) is 0 Å². The van der Waals surface area contributed by atoms with Gasteiger partial charge in [0.05, 0.1) is 0 Å². The second-order valence-electron chi connectivity index (χ2n) is 4.47. The van der Waals surface area contributed by atoms with Crippen LogP contribution in [0.3, 0.4) is 0 Å². The van der Waals surface area contributed by atoms with E-state index in [0.717, 1.165) is 12.8 Å². The Bertz CT molecular complexity index is 511. The highest BCUT2D eigenvalue weighted by molar-refractivity contribution is 6.20. The zero-order valence-electron chi connectivity index (χ0n) is 9.56. The van der Waals surface area contributed by atoms with Crippen molar-refractivity contribution in [2.75, 3.05) is 0 Å². The van der Waals surface area contributed by atoms with E-state index in [1.54, 1.807) is 0 Å². The molecule has 1 atom stereocenters. The van der Waals surface area contributed by atoms with Gasteiger partial charge in [-0.25, -0.2) is 0 Å². The number of alkyl halides is 1. The molecule has 3 nitrogen and oxygen atoms in total. The topological polar surface area (TPSA) is 38.9 Å². The molecule has 0 fully saturated rings. The standard InChI is InChI=1S/C13H13ClN2O/c1-8(14)12-15-16-13(17-12)11-6-9-4-2-3-5-10(9)7-11/h2-5,8,11H,6-7H2,1H3. The summed E-state index contributed by atoms with van der Waals surface area (Å²) in [6.07, 6.45) is 1.96. The van der Waals surface area contributed by atoms with E-state index in [4.69, 9.17) is 16.0 Å². The van der Waals surface area contributed by atoms with Crippen LogP contribution in [0.4, 0.5) is 0 Å². The van der Waals surface area contributed by atoms with Crippen molar-refractivity contribution in [1.29, 1.82) is 0 Å². The Morgan fingerprint density at radius 3 is 2.41 bits per heavy atom. The van der Waals surface area contributed by atoms with Crippen molar-refractivity contribution in [2.24, 2.45) is 0 Å². The van der Waals surface area contributed by atoms with Crippen LogP contribution in [-0.4, -0.2) is 10.2 Å². The maximum Gasteiger partial charge on any atom is 0.234 e. The SMILES string of the molecule is CC(Cl)c1nnc(C2Cc3ccccc3C2)o1. The Labute approximate surface area is 105 Å². The molecule has 1 heterocycles. The molecule has 0 N–H and O–H groups in total. The van der Waals surface area contributed by atoms with Gasteiger partial charge >= 0.3 is 0 Å². The molecule has 0 amide bonds. The zero-order valence-corrected chi connectivity index (χ0v) is 10.3. The van der Waals surface area contributed by atoms with E-state index < -0.39 is 0 Å². The van der Waals surface area contributed by atoms with Gasteiger partial charge in [0.1, 0.15) is 5.38 Å². The second-order valence-corrected chi connectivity index (χ2v) is 5.12. The third-order valence-corrected chi connectivity index (χ3v) is 3.38. The summed E-state index contributed by atoms with van der Waals surface area (Å²) >= 11 is 5.92. The predicted molar refractivity (Wildman–Crippen MR) is 65.2 cm³/mol. The van der Waals surface area contributed by atoms with E-state index in [9.17, 15) is 0 Å². The molecule has 0 radical (unpaired) electrons. The van der Waals surface area contributed by atoms with Gasteiger partial charge in [-0.3, -0.25) is 0 Å². The second kappa shape index (κ2) is 4.15. The maximum absolute atomic E-state index is 5.92. The van der Waals surface area contributed by atoms with Crippen LogP contribution < -0.4 is 0 Å². The predicted octanol–water partition coefficient (Wildman–Crippen LogP) is 3.25. The first-order chi connectivity index (χ1) is 8.24. The molecular formula is C13H13ClN2O. The Kier molecular flexibility index (Phi) is 2.63. The Morgan fingerprint density at radius 1 is 1.24 bits per heavy atom. The summed E-state index contributed by atoms with van der Waals surface area (Å²) in [5.41, 5.74) is 2.77. The van der Waals surface area contributed by atoms with Gasteiger partial charge in [0, 0.05) is 5.92 Å². The summed E-state index contributed by atoms with van der Waals surface area (Å²) in [6, 6.07) is 8.47. The summed E-state index contributed by atoms with van der Waals surface area (Å²) in [6.45, 7) is 1.84. The molecule has 0 bridgehead atoms. The number of hydrogen-bond donors (Lipinski definition) is 0. The third-order valence-electron chi connectivity index (χ3n) is 3.20. The zero-order chi connectivity index (χ0) is 11.8. The average Bonchev–Trinajstić information content (AvgIpc) is 2.95. The fourth-order valence-electron chi connectivity index (χ4n) is 2.31. The monoisotopic (exact) mass is 248 g/mol. The van der Waals surface area contributed by atoms with Gasteiger partial charge in [-0.2, -0.15) is 0 Å². The summed E-state index contributed by atoms with van der Waals surface area (Å²) in [5.74, 6) is 1.53. The van der Waals surface area contributed by atoms with Crippen LogP contribution in [-0.2, 0) is 12.8 Å². The molecule has 3 rings (SSSR count). The molecule has 17 heavy (non-hydrogen) atoms. The highest BCUT2D eigenvalue weighted by atomic mass is 35.5. The maximum atomic E-state index is 5.92. The fraction of sp³-hybridized carbons (Fsp3) is 0.385. The van der Waals surface area contributed by atoms with E-state index in [2.05, 4.69) is 34.5 Å². The lowest BCUT2D eigenvalue weighted by molar-refractivity contribution is 0.419. The summed E-state index contributed by atoms with van der Waals surface area (Å²) in [7, 11) is 0. The molecule has 1 aromatic carbocycles. The van der Waals surface area contributed by atoms with E-state index >= 15 is 0 Å². The molecule has 0 saturated carbocycles. The molecule has 4 heteroatoms. The number of rotatable bonds is 2. The smallest absolute Gasteiger partial charge is 0.234 e. The van der Waals surface area contributed by atoms with Crippen LogP contribution >= 0.6 is 11.6 Å². The van der Waals surface area contributed by atoms with Crippen molar-refractivity contribution in [3.05, 3.63) is 47.2 Å². The van der Waals surface area contributed by atoms with Crippen molar-refractivity contribution in [3.8, 4) is 0 Å². The number of benzene rings is 1. The Morgan fingerprint density at radius 2 is 1.88 bits per heavy atom. The van der Waals surface area contributed by atoms with Crippen molar-refractivity contribution in [3.63, 3.8) is 0 Å². The number of aromatic nitrogens is 2. The minimum atomic E-state index is -0.222. The number of fused-ring (bicyclic) bond motifs is 1. The van der Waals surface area contributed by atoms with E-state index in [0.29, 0.717) is 17.7 Å². The highest BCUT2D eigenvalue weighted by Gasteiger charge is 2.27. The first kappa shape index (κ1) is 10.8. The largest absolute Gasteiger partial charge is 0.423 e. The van der Waals surface area contributed by atoms with Crippen molar-refractivity contribution in [1.82, 2.24) is 10.2 Å². The molecule has 0 saturated heterocycles. The minimum Gasteiger partial charge on any atom is -0.423 e. The first-order valence-corrected chi connectivity index (χ1v) is 6.22. The van der Waals surface area contributed by atoms with Gasteiger partial charge in [-0.05, 0) is 30.9 Å². The number of hydrogen-bond acceptors (Lipinski definition) is 3. The van der Waals surface area contributed by atoms with Gasteiger partial charge in [0.2, 0.25) is 11.8 Å². The van der Waals surface area contributed by atoms with Gasteiger partial charge in [-0.15, -0.1) is 21.8 Å². The third kappa shape index (κ3) is 1.95. The lowest BCUT2D eigenvalue weighted by Crippen LogP contribution is -1.97. The van der Waals surface area contributed by atoms with Crippen molar-refractivity contribution < 1.29 is 4.42 Å². The first-order valence-electron chi connectivity index (χ1n) is 5.78. The normalized spacial score (nSPS) is 17.1. The molecule has 1 unspecified atom stereocenters. The van der Waals surface area contributed by atoms with E-state index in [1.807, 2.05) is 6.92 Å². The van der Waals surface area contributed by atoms with Crippen LogP contribution in [0.15, 0.2) is 28.7 Å². The van der Waals surface area contributed by atoms with Gasteiger partial charge in [0.15, 0.2) is 0 Å². The average molecular weight is 249 g/mol. The fourth-order valence-corrected chi connectivity index (χ4v) is 2.39. The van der Waals surface area contributed by atoms with E-state index in [1.165, 1.54) is 11.1 Å². The van der Waals surface area contributed by atoms with Crippen LogP contribution in [0, 0.1) is 0 Å². The quantitative estimate of drug-likeness (QED) is 0.766. The molecule has 1 aliphatic carbocycles. The van der Waals surface area contributed by atoms with Gasteiger partial charge < -0.3 is 4.42 Å². The minimum absolute atomic E-state index is 0.222. The highest BCUT2D eigenvalue weighted by Crippen LogP contribution is 2.33. The molecular weight excluding hydrogens is 236 g/mol. The lowest BCUT2D eigenvalue weighted by atomic mass is 10.1. The number of nitrogens with zero attached hydrogens (tertiary/aromatic N) is 2. The van der Waals surface area contributed by atoms with Crippen LogP contribution in [0.1, 0.15) is 41.1 Å². The molecule has 1 aliphatic rings. The Hall–Kier alpha value is -1.35. The molecule has 0 spiro atoms. The number of halogens is 1. The summed E-state index contributed by atoms with van der Waals surface area (Å²) in [5, 5.41) is 7.85. The van der Waals surface area contributed by atoms with Crippen molar-refractivity contribution >= 4 is 11.6 Å². The van der Waals surface area contributed by atoms with E-state index in [-0.39, 0.29) is 5.38 Å². The van der Waals surface area contributed by atoms with Gasteiger partial charge in [-0.1, -0.05) is 24.3 Å². The molecule has 2 aromatic rings. The molecule has 88 valence electrons. The van der Waals surface area contributed by atoms with Crippen LogP contribution in [0.5, 0.6) is 0 Å². The van der Waals surface area contributed by atoms with Crippen LogP contribution in [0.2, 0.25) is 0 Å². The molecule has 1 aromatic heterocycles. The lowest BCUT2D eigenvalue weighted by Gasteiger charge is -2.01. The van der Waals surface area contributed by atoms with Gasteiger partial charge in [0.25, 0.3) is 0 Å². The summed E-state index contributed by atoms with van der Waals surface area (Å²) < 4.78 is 5.61. The summed E-state index contributed by atoms with van der Waals surface area (Å²) in [4.78, 5) is 0. The Balaban J connectivity index is 1.84. The molecule has 0 aliphatic heterocycles. The van der Waals surface area contributed by atoms with Crippen molar-refractivity contribution in [2.45, 2.75) is 31.1 Å².